The van der Waals surface area contributed by atoms with Gasteiger partial charge in [0.25, 0.3) is 0 Å². The van der Waals surface area contributed by atoms with Crippen LogP contribution in [-0.4, -0.2) is 42.3 Å². The number of aliphatic imine (C=N–C) groups is 1. The molecule has 0 aliphatic carbocycles. The molecule has 0 aromatic carbocycles. The van der Waals surface area contributed by atoms with Crippen molar-refractivity contribution in [3.05, 3.63) is 46.3 Å². The molecule has 2 heterocycles. The molecule has 6 nitrogen and oxygen atoms in total. The molecule has 0 aliphatic rings. The van der Waals surface area contributed by atoms with Gasteiger partial charge in [-0.15, -0.1) is 35.3 Å². The molecule has 3 N–H and O–H groups in total. The van der Waals surface area contributed by atoms with Gasteiger partial charge in [0.05, 0.1) is 13.1 Å². The molecule has 0 amide bonds. The SMILES string of the molecule is CCNC(=NCC(C)(O)c1cccs1)NCCOc1ncccc1C(F)(F)F.I. The molecule has 0 fully saturated rings. The normalized spacial score (nSPS) is 13.9. The lowest BCUT2D eigenvalue weighted by atomic mass is 10.1. The number of rotatable bonds is 8. The molecule has 11 heteroatoms. The number of thiophene rings is 1. The molecule has 0 bridgehead atoms. The number of aliphatic hydroxyl groups is 1. The van der Waals surface area contributed by atoms with Crippen LogP contribution >= 0.6 is 35.3 Å². The molecule has 1 unspecified atom stereocenters. The van der Waals surface area contributed by atoms with Crippen LogP contribution in [0.5, 0.6) is 5.88 Å². The fourth-order valence-electron chi connectivity index (χ4n) is 2.28. The highest BCUT2D eigenvalue weighted by molar-refractivity contribution is 14.0. The van der Waals surface area contributed by atoms with Crippen LogP contribution in [0.3, 0.4) is 0 Å². The summed E-state index contributed by atoms with van der Waals surface area (Å²) in [6.45, 7) is 4.45. The zero-order valence-corrected chi connectivity index (χ0v) is 19.1. The number of guanidine groups is 1. The Hall–Kier alpha value is -1.60. The Kier molecular flexibility index (Phi) is 10.1. The quantitative estimate of drug-likeness (QED) is 0.205. The average molecular weight is 544 g/mol. The highest BCUT2D eigenvalue weighted by Crippen LogP contribution is 2.34. The molecule has 1 atom stereocenters. The standard InChI is InChI=1S/C18H23F3N4O2S.HI/c1-3-22-16(25-12-17(2,26)14-7-5-11-28-14)24-9-10-27-15-13(18(19,20)21)6-4-8-23-15;/h4-8,11,26H,3,9-10,12H2,1-2H3,(H2,22,24,25);1H. The van der Waals surface area contributed by atoms with Crippen LogP contribution in [0, 0.1) is 0 Å². The summed E-state index contributed by atoms with van der Waals surface area (Å²) in [7, 11) is 0. The van der Waals surface area contributed by atoms with Gasteiger partial charge in [0.2, 0.25) is 5.88 Å². The predicted molar refractivity (Wildman–Crippen MR) is 118 cm³/mol. The number of aromatic nitrogens is 1. The van der Waals surface area contributed by atoms with Crippen LogP contribution in [0.25, 0.3) is 0 Å². The molecule has 0 radical (unpaired) electrons. The van der Waals surface area contributed by atoms with E-state index in [1.807, 2.05) is 24.4 Å². The summed E-state index contributed by atoms with van der Waals surface area (Å²) in [5, 5.41) is 18.4. The van der Waals surface area contributed by atoms with E-state index in [4.69, 9.17) is 4.74 Å². The van der Waals surface area contributed by atoms with Gasteiger partial charge in [0.15, 0.2) is 5.96 Å². The van der Waals surface area contributed by atoms with Crippen LogP contribution in [0.4, 0.5) is 13.2 Å². The van der Waals surface area contributed by atoms with Crippen LogP contribution < -0.4 is 15.4 Å². The third kappa shape index (κ3) is 7.97. The topological polar surface area (TPSA) is 78.8 Å². The summed E-state index contributed by atoms with van der Waals surface area (Å²) in [5.41, 5.74) is -2.02. The first-order valence-corrected chi connectivity index (χ1v) is 9.55. The maximum Gasteiger partial charge on any atom is 0.421 e. The Bertz CT molecular complexity index is 771. The minimum Gasteiger partial charge on any atom is -0.475 e. The van der Waals surface area contributed by atoms with Crippen molar-refractivity contribution in [2.75, 3.05) is 26.2 Å². The minimum atomic E-state index is -4.53. The molecular formula is C18H24F3IN4O2S. The zero-order valence-electron chi connectivity index (χ0n) is 16.0. The highest BCUT2D eigenvalue weighted by atomic mass is 127. The Morgan fingerprint density at radius 3 is 2.66 bits per heavy atom. The van der Waals surface area contributed by atoms with Gasteiger partial charge in [0, 0.05) is 17.6 Å². The fraction of sp³-hybridized carbons (Fsp3) is 0.444. The second kappa shape index (κ2) is 11.6. The maximum atomic E-state index is 12.9. The average Bonchev–Trinajstić information content (AvgIpc) is 3.18. The van der Waals surface area contributed by atoms with Crippen LogP contribution in [0.2, 0.25) is 0 Å². The largest absolute Gasteiger partial charge is 0.475 e. The molecule has 2 rings (SSSR count). The van der Waals surface area contributed by atoms with E-state index >= 15 is 0 Å². The van der Waals surface area contributed by atoms with E-state index in [0.717, 1.165) is 10.9 Å². The summed E-state index contributed by atoms with van der Waals surface area (Å²) in [6, 6.07) is 5.82. The molecular weight excluding hydrogens is 520 g/mol. The van der Waals surface area contributed by atoms with Gasteiger partial charge in [-0.3, -0.25) is 0 Å². The molecule has 29 heavy (non-hydrogen) atoms. The Balaban J connectivity index is 0.00000420. The molecule has 0 spiro atoms. The summed E-state index contributed by atoms with van der Waals surface area (Å²) >= 11 is 1.44. The number of halogens is 4. The number of nitrogens with one attached hydrogen (secondary N) is 2. The van der Waals surface area contributed by atoms with E-state index in [1.165, 1.54) is 23.6 Å². The number of hydrogen-bond acceptors (Lipinski definition) is 5. The van der Waals surface area contributed by atoms with Crippen LogP contribution in [0.15, 0.2) is 40.8 Å². The van der Waals surface area contributed by atoms with Crippen molar-refractivity contribution in [2.24, 2.45) is 4.99 Å². The van der Waals surface area contributed by atoms with E-state index in [9.17, 15) is 18.3 Å². The van der Waals surface area contributed by atoms with Gasteiger partial charge in [-0.1, -0.05) is 6.07 Å². The zero-order chi connectivity index (χ0) is 20.6. The van der Waals surface area contributed by atoms with Crippen LogP contribution in [0.1, 0.15) is 24.3 Å². The third-order valence-electron chi connectivity index (χ3n) is 3.65. The molecule has 162 valence electrons. The second-order valence-corrected chi connectivity index (χ2v) is 7.02. The maximum absolute atomic E-state index is 12.9. The number of alkyl halides is 3. The van der Waals surface area contributed by atoms with E-state index < -0.39 is 23.2 Å². The van der Waals surface area contributed by atoms with Crippen molar-refractivity contribution < 1.29 is 23.0 Å². The lowest BCUT2D eigenvalue weighted by molar-refractivity contribution is -0.139. The van der Waals surface area contributed by atoms with Gasteiger partial charge in [-0.05, 0) is 37.4 Å². The van der Waals surface area contributed by atoms with Gasteiger partial charge in [0.1, 0.15) is 17.8 Å². The van der Waals surface area contributed by atoms with Crippen molar-refractivity contribution in [1.82, 2.24) is 15.6 Å². The van der Waals surface area contributed by atoms with E-state index in [2.05, 4.69) is 20.6 Å². The lowest BCUT2D eigenvalue weighted by Crippen LogP contribution is -2.40. The smallest absolute Gasteiger partial charge is 0.421 e. The van der Waals surface area contributed by atoms with Crippen LogP contribution in [-0.2, 0) is 11.8 Å². The molecule has 2 aromatic rings. The van der Waals surface area contributed by atoms with Gasteiger partial charge in [-0.25, -0.2) is 9.98 Å². The van der Waals surface area contributed by atoms with Crippen molar-refractivity contribution >= 4 is 41.3 Å². The van der Waals surface area contributed by atoms with E-state index in [0.29, 0.717) is 12.5 Å². The first-order chi connectivity index (χ1) is 13.2. The Morgan fingerprint density at radius 1 is 1.28 bits per heavy atom. The van der Waals surface area contributed by atoms with Gasteiger partial charge >= 0.3 is 6.18 Å². The monoisotopic (exact) mass is 544 g/mol. The van der Waals surface area contributed by atoms with Crippen molar-refractivity contribution in [2.45, 2.75) is 25.6 Å². The first kappa shape index (κ1) is 25.4. The van der Waals surface area contributed by atoms with E-state index in [1.54, 1.807) is 6.92 Å². The van der Waals surface area contributed by atoms with E-state index in [-0.39, 0.29) is 43.7 Å². The summed E-state index contributed by atoms with van der Waals surface area (Å²) in [6.07, 6.45) is -3.28. The number of nitrogens with zero attached hydrogens (tertiary/aromatic N) is 2. The summed E-state index contributed by atoms with van der Waals surface area (Å²) in [5.74, 6) is -0.0284. The second-order valence-electron chi connectivity index (χ2n) is 6.08. The predicted octanol–water partition coefficient (Wildman–Crippen LogP) is 3.62. The summed E-state index contributed by atoms with van der Waals surface area (Å²) < 4.78 is 44.0. The Labute approximate surface area is 188 Å². The molecule has 0 saturated heterocycles. The fourth-order valence-corrected chi connectivity index (χ4v) is 3.06. The van der Waals surface area contributed by atoms with Gasteiger partial charge < -0.3 is 20.5 Å². The summed E-state index contributed by atoms with van der Waals surface area (Å²) in [4.78, 5) is 8.79. The molecule has 0 saturated carbocycles. The van der Waals surface area contributed by atoms with Crippen molar-refractivity contribution in [3.8, 4) is 5.88 Å². The Morgan fingerprint density at radius 2 is 2.03 bits per heavy atom. The number of hydrogen-bond donors (Lipinski definition) is 3. The van der Waals surface area contributed by atoms with Crippen molar-refractivity contribution in [3.63, 3.8) is 0 Å². The van der Waals surface area contributed by atoms with Gasteiger partial charge in [-0.2, -0.15) is 13.2 Å². The number of pyridine rings is 1. The minimum absolute atomic E-state index is 0. The molecule has 2 aromatic heterocycles. The third-order valence-corrected chi connectivity index (χ3v) is 4.77. The highest BCUT2D eigenvalue weighted by Gasteiger charge is 2.35. The number of ether oxygens (including phenoxy) is 1. The molecule has 0 aliphatic heterocycles. The first-order valence-electron chi connectivity index (χ1n) is 8.67. The van der Waals surface area contributed by atoms with Crippen molar-refractivity contribution in [1.29, 1.82) is 0 Å². The lowest BCUT2D eigenvalue weighted by Gasteiger charge is -2.20.